The van der Waals surface area contributed by atoms with Crippen LogP contribution in [0.3, 0.4) is 0 Å². The monoisotopic (exact) mass is 401 g/mol. The summed E-state index contributed by atoms with van der Waals surface area (Å²) < 4.78 is 52.6. The minimum Gasteiger partial charge on any atom is -0.480 e. The Kier molecular flexibility index (Phi) is 4.62. The molecule has 1 fully saturated rings. The first-order chi connectivity index (χ1) is 9.66. The molecule has 0 aromatic heterocycles. The van der Waals surface area contributed by atoms with Crippen LogP contribution in [0.15, 0.2) is 21.5 Å². The molecule has 1 aromatic carbocycles. The summed E-state index contributed by atoms with van der Waals surface area (Å²) in [4.78, 5) is 10.4. The number of carboxylic acids is 1. The predicted molar refractivity (Wildman–Crippen MR) is 76.4 cm³/mol. The van der Waals surface area contributed by atoms with E-state index in [9.17, 15) is 22.0 Å². The number of carbonyl (C=O) groups is 1. The van der Waals surface area contributed by atoms with Gasteiger partial charge >= 0.3 is 5.97 Å². The van der Waals surface area contributed by atoms with E-state index in [-0.39, 0.29) is 10.2 Å². The molecule has 2 atom stereocenters. The van der Waals surface area contributed by atoms with E-state index < -0.39 is 43.9 Å². The van der Waals surface area contributed by atoms with Crippen molar-refractivity contribution in [2.24, 2.45) is 0 Å². The van der Waals surface area contributed by atoms with Crippen molar-refractivity contribution in [3.05, 3.63) is 28.2 Å². The van der Waals surface area contributed by atoms with Gasteiger partial charge < -0.3 is 5.11 Å². The van der Waals surface area contributed by atoms with Crippen LogP contribution in [0.1, 0.15) is 6.92 Å². The van der Waals surface area contributed by atoms with Crippen LogP contribution >= 0.6 is 27.7 Å². The molecule has 1 heterocycles. The average Bonchev–Trinajstić information content (AvgIpc) is 2.69. The number of thioether (sulfide) groups is 1. The van der Waals surface area contributed by atoms with Crippen LogP contribution in [0.2, 0.25) is 0 Å². The molecular formula is C11H10BrF2NO4S2. The first kappa shape index (κ1) is 16.7. The Labute approximate surface area is 132 Å². The smallest absolute Gasteiger partial charge is 0.322 e. The fraction of sp³-hybridized carbons (Fsp3) is 0.364. The standard InChI is InChI=1S/C11H10BrF2NO4S2/c1-5-15(9(4-20-5)11(16)17)21(18,19)10-7(12)2-6(13)3-8(10)14/h2-3,5,9H,4H2,1H3,(H,16,17). The van der Waals surface area contributed by atoms with Gasteiger partial charge in [0.2, 0.25) is 10.0 Å². The molecule has 0 bridgehead atoms. The Morgan fingerprint density at radius 1 is 1.48 bits per heavy atom. The Morgan fingerprint density at radius 3 is 2.62 bits per heavy atom. The van der Waals surface area contributed by atoms with E-state index in [0.29, 0.717) is 6.07 Å². The van der Waals surface area contributed by atoms with Crippen LogP contribution in [0.4, 0.5) is 8.78 Å². The second kappa shape index (κ2) is 5.82. The molecule has 21 heavy (non-hydrogen) atoms. The van der Waals surface area contributed by atoms with Crippen molar-refractivity contribution in [3.8, 4) is 0 Å². The highest BCUT2D eigenvalue weighted by Gasteiger charge is 2.46. The van der Waals surface area contributed by atoms with Crippen molar-refractivity contribution >= 4 is 43.7 Å². The molecule has 1 aliphatic rings. The van der Waals surface area contributed by atoms with E-state index in [1.165, 1.54) is 6.92 Å². The molecule has 1 aliphatic heterocycles. The van der Waals surface area contributed by atoms with Crippen molar-refractivity contribution in [1.29, 1.82) is 0 Å². The van der Waals surface area contributed by atoms with Crippen molar-refractivity contribution in [3.63, 3.8) is 0 Å². The van der Waals surface area contributed by atoms with E-state index in [1.54, 1.807) is 0 Å². The maximum Gasteiger partial charge on any atom is 0.322 e. The maximum atomic E-state index is 13.9. The van der Waals surface area contributed by atoms with Crippen LogP contribution in [-0.2, 0) is 14.8 Å². The molecule has 5 nitrogen and oxygen atoms in total. The highest BCUT2D eigenvalue weighted by Crippen LogP contribution is 2.37. The van der Waals surface area contributed by atoms with Crippen molar-refractivity contribution in [2.45, 2.75) is 23.2 Å². The van der Waals surface area contributed by atoms with Crippen LogP contribution in [0.5, 0.6) is 0 Å². The van der Waals surface area contributed by atoms with Crippen LogP contribution in [0, 0.1) is 11.6 Å². The number of sulfonamides is 1. The quantitative estimate of drug-likeness (QED) is 0.840. The lowest BCUT2D eigenvalue weighted by Crippen LogP contribution is -2.45. The number of hydrogen-bond acceptors (Lipinski definition) is 4. The molecule has 0 radical (unpaired) electrons. The molecule has 0 spiro atoms. The van der Waals surface area contributed by atoms with Gasteiger partial charge in [0, 0.05) is 16.3 Å². The second-order valence-corrected chi connectivity index (χ2v) is 8.30. The molecule has 116 valence electrons. The van der Waals surface area contributed by atoms with E-state index in [4.69, 9.17) is 5.11 Å². The number of rotatable bonds is 3. The molecule has 0 aliphatic carbocycles. The zero-order chi connectivity index (χ0) is 15.9. The molecular weight excluding hydrogens is 392 g/mol. The Balaban J connectivity index is 2.59. The summed E-state index contributed by atoms with van der Waals surface area (Å²) in [5.74, 6) is -3.45. The second-order valence-electron chi connectivity index (χ2n) is 4.32. The van der Waals surface area contributed by atoms with Crippen LogP contribution in [0.25, 0.3) is 0 Å². The fourth-order valence-corrected chi connectivity index (χ4v) is 6.46. The lowest BCUT2D eigenvalue weighted by molar-refractivity contribution is -0.140. The van der Waals surface area contributed by atoms with Gasteiger partial charge in [0.25, 0.3) is 0 Å². The molecule has 1 aromatic rings. The summed E-state index contributed by atoms with van der Waals surface area (Å²) in [6, 6.07) is -0.0210. The third kappa shape index (κ3) is 2.94. The Bertz CT molecular complexity index is 674. The van der Waals surface area contributed by atoms with Gasteiger partial charge in [-0.25, -0.2) is 17.2 Å². The van der Waals surface area contributed by atoms with Gasteiger partial charge in [-0.1, -0.05) is 0 Å². The maximum absolute atomic E-state index is 13.9. The predicted octanol–water partition coefficient (Wildman–Crippen LogP) is 2.26. The van der Waals surface area contributed by atoms with Gasteiger partial charge in [-0.15, -0.1) is 11.8 Å². The highest BCUT2D eigenvalue weighted by atomic mass is 79.9. The summed E-state index contributed by atoms with van der Waals surface area (Å²) in [5, 5.41) is 8.45. The van der Waals surface area contributed by atoms with Crippen molar-refractivity contribution in [1.82, 2.24) is 4.31 Å². The van der Waals surface area contributed by atoms with Gasteiger partial charge in [-0.05, 0) is 28.9 Å². The summed E-state index contributed by atoms with van der Waals surface area (Å²) >= 11 is 3.95. The number of nitrogens with zero attached hydrogens (tertiary/aromatic N) is 1. The molecule has 1 N–H and O–H groups in total. The van der Waals surface area contributed by atoms with E-state index in [0.717, 1.165) is 22.1 Å². The minimum atomic E-state index is -4.42. The molecule has 0 saturated carbocycles. The number of carboxylic acid groups (broad SMARTS) is 1. The van der Waals surface area contributed by atoms with Gasteiger partial charge in [0.15, 0.2) is 0 Å². The first-order valence-electron chi connectivity index (χ1n) is 5.68. The first-order valence-corrected chi connectivity index (χ1v) is 8.97. The summed E-state index contributed by atoms with van der Waals surface area (Å²) in [6.45, 7) is 1.51. The van der Waals surface area contributed by atoms with Crippen molar-refractivity contribution in [2.75, 3.05) is 5.75 Å². The van der Waals surface area contributed by atoms with Crippen LogP contribution in [-0.4, -0.2) is 41.0 Å². The molecule has 2 unspecified atom stereocenters. The van der Waals surface area contributed by atoms with Crippen LogP contribution < -0.4 is 0 Å². The molecule has 0 amide bonds. The summed E-state index contributed by atoms with van der Waals surface area (Å²) in [5.41, 5.74) is 0. The molecule has 10 heteroatoms. The summed E-state index contributed by atoms with van der Waals surface area (Å²) in [7, 11) is -4.42. The van der Waals surface area contributed by atoms with Gasteiger partial charge in [-0.3, -0.25) is 4.79 Å². The number of aliphatic carboxylic acids is 1. The Morgan fingerprint density at radius 2 is 2.10 bits per heavy atom. The van der Waals surface area contributed by atoms with E-state index in [2.05, 4.69) is 15.9 Å². The van der Waals surface area contributed by atoms with E-state index in [1.807, 2.05) is 0 Å². The Hall–Kier alpha value is -0.710. The number of benzene rings is 1. The lowest BCUT2D eigenvalue weighted by atomic mass is 10.3. The normalized spacial score (nSPS) is 23.4. The third-order valence-electron chi connectivity index (χ3n) is 2.94. The highest BCUT2D eigenvalue weighted by molar-refractivity contribution is 9.10. The lowest BCUT2D eigenvalue weighted by Gasteiger charge is -2.24. The fourth-order valence-electron chi connectivity index (χ4n) is 2.05. The third-order valence-corrected chi connectivity index (χ3v) is 7.24. The number of halogens is 3. The minimum absolute atomic E-state index is 0.0656. The zero-order valence-corrected chi connectivity index (χ0v) is 13.8. The average molecular weight is 402 g/mol. The van der Waals surface area contributed by atoms with Gasteiger partial charge in [0.1, 0.15) is 22.6 Å². The molecule has 1 saturated heterocycles. The van der Waals surface area contributed by atoms with Gasteiger partial charge in [0.05, 0.1) is 5.37 Å². The SMILES string of the molecule is CC1SCC(C(=O)O)N1S(=O)(=O)c1c(F)cc(F)cc1Br. The zero-order valence-electron chi connectivity index (χ0n) is 10.6. The van der Waals surface area contributed by atoms with Crippen molar-refractivity contribution < 1.29 is 27.1 Å². The van der Waals surface area contributed by atoms with E-state index >= 15 is 0 Å². The topological polar surface area (TPSA) is 74.7 Å². The largest absolute Gasteiger partial charge is 0.480 e. The summed E-state index contributed by atoms with van der Waals surface area (Å²) in [6.07, 6.45) is 0. The van der Waals surface area contributed by atoms with Gasteiger partial charge in [-0.2, -0.15) is 4.31 Å². The number of hydrogen-bond donors (Lipinski definition) is 1. The molecule has 2 rings (SSSR count).